The summed E-state index contributed by atoms with van der Waals surface area (Å²) in [6, 6.07) is 1.58. The lowest BCUT2D eigenvalue weighted by atomic mass is 10.2. The Bertz CT molecular complexity index is 705. The highest BCUT2D eigenvalue weighted by molar-refractivity contribution is 7.14. The minimum Gasteiger partial charge on any atom is -0.469 e. The summed E-state index contributed by atoms with van der Waals surface area (Å²) in [5, 5.41) is 4.92. The van der Waals surface area contributed by atoms with Gasteiger partial charge in [0.2, 0.25) is 5.91 Å². The van der Waals surface area contributed by atoms with Gasteiger partial charge in [0.15, 0.2) is 5.13 Å². The monoisotopic (exact) mass is 408 g/mol. The molecule has 0 aliphatic carbocycles. The number of aromatic nitrogens is 1. The number of nitrogens with one attached hydrogen (secondary N) is 1. The van der Waals surface area contributed by atoms with Crippen molar-refractivity contribution in [1.82, 2.24) is 9.88 Å². The van der Waals surface area contributed by atoms with Crippen molar-refractivity contribution in [2.45, 2.75) is 26.3 Å². The molecule has 0 aliphatic heterocycles. The van der Waals surface area contributed by atoms with Gasteiger partial charge in [-0.3, -0.25) is 14.9 Å². The molecule has 2 aromatic rings. The number of hydrogen-bond acceptors (Lipinski definition) is 6. The molecular weight excluding hydrogens is 387 g/mol. The molecule has 3 N–H and O–H groups in total. The number of carbonyl (C=O) groups excluding carboxylic acids is 2. The first-order valence-corrected chi connectivity index (χ1v) is 8.06. The molecule has 25 heavy (non-hydrogen) atoms. The lowest BCUT2D eigenvalue weighted by molar-refractivity contribution is -0.130. The maximum absolute atomic E-state index is 12.1. The van der Waals surface area contributed by atoms with Crippen molar-refractivity contribution < 1.29 is 14.0 Å². The van der Waals surface area contributed by atoms with E-state index in [4.69, 9.17) is 10.2 Å². The fraction of sp³-hybridized carbons (Fsp3) is 0.400. The standard InChI is InChI=1S/C15H20N4O3S.2ClH/c1-9(7-16)19(3)13(20)6-11-8-23-15(17-11)18-14(21)12-4-5-22-10(12)2;;/h4-5,8-9H,6-7,16H2,1-3H3,(H,17,18,21);2*1H. The molecule has 140 valence electrons. The summed E-state index contributed by atoms with van der Waals surface area (Å²) in [5.74, 6) is 0.209. The number of nitrogens with two attached hydrogens (primary N) is 1. The molecule has 2 aromatic heterocycles. The van der Waals surface area contributed by atoms with E-state index in [1.54, 1.807) is 30.3 Å². The van der Waals surface area contributed by atoms with E-state index in [0.717, 1.165) is 0 Å². The normalized spacial score (nSPS) is 11.0. The number of hydrogen-bond donors (Lipinski definition) is 2. The van der Waals surface area contributed by atoms with Gasteiger partial charge in [0, 0.05) is 25.0 Å². The third-order valence-electron chi connectivity index (χ3n) is 3.60. The number of aryl methyl sites for hydroxylation is 1. The maximum Gasteiger partial charge on any atom is 0.260 e. The van der Waals surface area contributed by atoms with Gasteiger partial charge in [0.1, 0.15) is 5.76 Å². The van der Waals surface area contributed by atoms with Crippen LogP contribution in [0.2, 0.25) is 0 Å². The Morgan fingerprint density at radius 3 is 2.68 bits per heavy atom. The highest BCUT2D eigenvalue weighted by Crippen LogP contribution is 2.18. The van der Waals surface area contributed by atoms with Crippen LogP contribution in [-0.2, 0) is 11.2 Å². The zero-order valence-corrected chi connectivity index (χ0v) is 16.6. The molecule has 1 unspecified atom stereocenters. The molecule has 7 nitrogen and oxygen atoms in total. The fourth-order valence-electron chi connectivity index (χ4n) is 1.91. The SMILES string of the molecule is Cc1occc1C(=O)Nc1nc(CC(=O)N(C)C(C)CN)cs1.Cl.Cl. The van der Waals surface area contributed by atoms with E-state index in [-0.39, 0.29) is 49.1 Å². The van der Waals surface area contributed by atoms with Crippen molar-refractivity contribution >= 4 is 53.1 Å². The molecule has 0 fully saturated rings. The van der Waals surface area contributed by atoms with Crippen molar-refractivity contribution in [3.05, 3.63) is 34.7 Å². The number of halogens is 2. The maximum atomic E-state index is 12.1. The third kappa shape index (κ3) is 6.00. The van der Waals surface area contributed by atoms with Gasteiger partial charge in [-0.2, -0.15) is 0 Å². The Morgan fingerprint density at radius 2 is 2.12 bits per heavy atom. The summed E-state index contributed by atoms with van der Waals surface area (Å²) < 4.78 is 5.10. The lowest BCUT2D eigenvalue weighted by Gasteiger charge is -2.23. The Hall–Kier alpha value is -1.61. The van der Waals surface area contributed by atoms with Gasteiger partial charge in [-0.1, -0.05) is 0 Å². The number of furan rings is 1. The summed E-state index contributed by atoms with van der Waals surface area (Å²) in [7, 11) is 1.72. The van der Waals surface area contributed by atoms with Crippen LogP contribution in [-0.4, -0.2) is 41.3 Å². The highest BCUT2D eigenvalue weighted by Gasteiger charge is 2.17. The summed E-state index contributed by atoms with van der Waals surface area (Å²) in [6.45, 7) is 4.01. The Labute approximate surface area is 162 Å². The Morgan fingerprint density at radius 1 is 1.44 bits per heavy atom. The van der Waals surface area contributed by atoms with E-state index >= 15 is 0 Å². The van der Waals surface area contributed by atoms with E-state index < -0.39 is 0 Å². The van der Waals surface area contributed by atoms with Crippen molar-refractivity contribution in [1.29, 1.82) is 0 Å². The molecule has 0 radical (unpaired) electrons. The van der Waals surface area contributed by atoms with Crippen LogP contribution in [0.15, 0.2) is 22.1 Å². The van der Waals surface area contributed by atoms with Gasteiger partial charge in [0.05, 0.1) is 23.9 Å². The molecular formula is C15H22Cl2N4O3S. The molecule has 0 saturated heterocycles. The number of rotatable bonds is 6. The Kier molecular flexibility index (Phi) is 9.73. The second-order valence-corrected chi connectivity index (χ2v) is 6.11. The lowest BCUT2D eigenvalue weighted by Crippen LogP contribution is -2.40. The van der Waals surface area contributed by atoms with E-state index in [0.29, 0.717) is 28.7 Å². The van der Waals surface area contributed by atoms with Crippen molar-refractivity contribution in [3.8, 4) is 0 Å². The summed E-state index contributed by atoms with van der Waals surface area (Å²) >= 11 is 1.28. The number of likely N-dealkylation sites (N-methyl/N-ethyl adjacent to an activating group) is 1. The average Bonchev–Trinajstić information content (AvgIpc) is 3.14. The molecule has 10 heteroatoms. The van der Waals surface area contributed by atoms with E-state index in [2.05, 4.69) is 10.3 Å². The average molecular weight is 409 g/mol. The molecule has 2 amide bonds. The van der Waals surface area contributed by atoms with Crippen LogP contribution in [0.1, 0.15) is 28.7 Å². The topological polar surface area (TPSA) is 101 Å². The number of anilines is 1. The van der Waals surface area contributed by atoms with E-state index in [1.807, 2.05) is 6.92 Å². The predicted octanol–water partition coefficient (Wildman–Crippen LogP) is 2.49. The van der Waals surface area contributed by atoms with Gasteiger partial charge in [-0.05, 0) is 19.9 Å². The van der Waals surface area contributed by atoms with Crippen LogP contribution in [0.25, 0.3) is 0 Å². The second kappa shape index (κ2) is 10.4. The number of amides is 2. The molecule has 2 rings (SSSR count). The first-order chi connectivity index (χ1) is 10.9. The Balaban J connectivity index is 0.00000288. The summed E-state index contributed by atoms with van der Waals surface area (Å²) in [6.07, 6.45) is 1.64. The third-order valence-corrected chi connectivity index (χ3v) is 4.41. The first kappa shape index (κ1) is 23.4. The van der Waals surface area contributed by atoms with Crippen LogP contribution in [0.4, 0.5) is 5.13 Å². The summed E-state index contributed by atoms with van der Waals surface area (Å²) in [5.41, 5.74) is 6.65. The minimum atomic E-state index is -0.280. The predicted molar refractivity (Wildman–Crippen MR) is 103 cm³/mol. The van der Waals surface area contributed by atoms with Crippen LogP contribution in [0.3, 0.4) is 0 Å². The van der Waals surface area contributed by atoms with E-state index in [9.17, 15) is 9.59 Å². The smallest absolute Gasteiger partial charge is 0.260 e. The van der Waals surface area contributed by atoms with Crippen LogP contribution < -0.4 is 11.1 Å². The molecule has 1 atom stereocenters. The van der Waals surface area contributed by atoms with Crippen molar-refractivity contribution in [2.75, 3.05) is 18.9 Å². The quantitative estimate of drug-likeness (QED) is 0.764. The van der Waals surface area contributed by atoms with E-state index in [1.165, 1.54) is 17.6 Å². The zero-order chi connectivity index (χ0) is 17.0. The second-order valence-electron chi connectivity index (χ2n) is 5.25. The zero-order valence-electron chi connectivity index (χ0n) is 14.1. The molecule has 0 aliphatic rings. The summed E-state index contributed by atoms with van der Waals surface area (Å²) in [4.78, 5) is 30.1. The molecule has 2 heterocycles. The van der Waals surface area contributed by atoms with Crippen LogP contribution >= 0.6 is 36.2 Å². The first-order valence-electron chi connectivity index (χ1n) is 7.18. The van der Waals surface area contributed by atoms with Crippen molar-refractivity contribution in [2.24, 2.45) is 5.73 Å². The van der Waals surface area contributed by atoms with Crippen LogP contribution in [0, 0.1) is 6.92 Å². The van der Waals surface area contributed by atoms with Gasteiger partial charge in [-0.25, -0.2) is 4.98 Å². The minimum absolute atomic E-state index is 0. The van der Waals surface area contributed by atoms with Gasteiger partial charge >= 0.3 is 0 Å². The largest absolute Gasteiger partial charge is 0.469 e. The van der Waals surface area contributed by atoms with Crippen molar-refractivity contribution in [3.63, 3.8) is 0 Å². The molecule has 0 spiro atoms. The van der Waals surface area contributed by atoms with Crippen LogP contribution in [0.5, 0.6) is 0 Å². The molecule has 0 bridgehead atoms. The number of nitrogens with zero attached hydrogens (tertiary/aromatic N) is 2. The number of carbonyl (C=O) groups is 2. The molecule has 0 saturated carbocycles. The fourth-order valence-corrected chi connectivity index (χ4v) is 2.62. The van der Waals surface area contributed by atoms with Gasteiger partial charge in [-0.15, -0.1) is 36.2 Å². The number of thiazole rings is 1. The van der Waals surface area contributed by atoms with Gasteiger partial charge < -0.3 is 15.1 Å². The highest BCUT2D eigenvalue weighted by atomic mass is 35.5. The molecule has 0 aromatic carbocycles. The van der Waals surface area contributed by atoms with Gasteiger partial charge in [0.25, 0.3) is 5.91 Å².